The molecule has 1 radical (unpaired) electrons. The van der Waals surface area contributed by atoms with E-state index in [1.165, 1.54) is 0 Å². The predicted molar refractivity (Wildman–Crippen MR) is 56.1 cm³/mol. The largest absolute Gasteiger partial charge is 2.00 e. The molecule has 0 spiro atoms. The van der Waals surface area contributed by atoms with Gasteiger partial charge in [0, 0.05) is 26.2 Å². The van der Waals surface area contributed by atoms with Gasteiger partial charge in [0.05, 0.1) is 0 Å². The van der Waals surface area contributed by atoms with Gasteiger partial charge in [0.25, 0.3) is 0 Å². The van der Waals surface area contributed by atoms with Crippen molar-refractivity contribution in [2.24, 2.45) is 22.9 Å². The summed E-state index contributed by atoms with van der Waals surface area (Å²) in [5, 5.41) is 25.0. The van der Waals surface area contributed by atoms with E-state index >= 15 is 0 Å². The molecular weight excluding hydrogens is 661 g/mol. The van der Waals surface area contributed by atoms with Crippen molar-refractivity contribution in [3.8, 4) is 0 Å². The summed E-state index contributed by atoms with van der Waals surface area (Å²) in [4.78, 5) is 0. The van der Waals surface area contributed by atoms with E-state index in [4.69, 9.17) is 70.3 Å². The van der Waals surface area contributed by atoms with E-state index in [-0.39, 0.29) is 61.5 Å². The van der Waals surface area contributed by atoms with Crippen molar-refractivity contribution in [2.75, 3.05) is 26.2 Å². The molecule has 0 aromatic carbocycles. The third-order valence-corrected chi connectivity index (χ3v) is 0.333. The van der Waals surface area contributed by atoms with E-state index < -0.39 is 0 Å². The second kappa shape index (κ2) is 350. The van der Waals surface area contributed by atoms with Crippen molar-refractivity contribution in [1.82, 2.24) is 0 Å². The van der Waals surface area contributed by atoms with Gasteiger partial charge in [-0.2, -0.15) is 0 Å². The zero-order valence-electron chi connectivity index (χ0n) is 9.86. The van der Waals surface area contributed by atoms with Gasteiger partial charge in [-0.3, -0.25) is 0 Å². The molecule has 8 nitrogen and oxygen atoms in total. The Kier molecular flexibility index (Phi) is 1140. The molecule has 0 saturated carbocycles. The molecule has 8 N–H and O–H groups in total. The fourth-order valence-corrected chi connectivity index (χ4v) is 0. The Balaban J connectivity index is -0.00000000908. The molecule has 0 saturated heterocycles. The smallest absolute Gasteiger partial charge is 0.512 e. The van der Waals surface area contributed by atoms with Crippen molar-refractivity contribution in [1.29, 1.82) is 21.0 Å². The molecule has 0 unspecified atom stereocenters. The Morgan fingerprint density at radius 1 is 0.474 bits per heavy atom. The molecular formula is C8H16Au2CoN8. The summed E-state index contributed by atoms with van der Waals surface area (Å²) in [5.74, 6) is 0. The average molecular weight is 677 g/mol. The van der Waals surface area contributed by atoms with Gasteiger partial charge in [-0.05, 0) is 0 Å². The van der Waals surface area contributed by atoms with Crippen LogP contribution in [-0.4, -0.2) is 26.2 Å². The molecule has 0 amide bonds. The number of rotatable bonds is 2. The summed E-state index contributed by atoms with van der Waals surface area (Å²) in [6.07, 6.45) is 0. The van der Waals surface area contributed by atoms with E-state index in [0.717, 1.165) is 0 Å². The topological polar surface area (TPSA) is 199 Å². The number of nitrogens with zero attached hydrogens (tertiary/aromatic N) is 4. The van der Waals surface area contributed by atoms with Gasteiger partial charge in [-0.25, -0.2) is 0 Å². The normalized spacial score (nSPS) is 3.58. The third-order valence-electron chi connectivity index (χ3n) is 0.333. The van der Waals surface area contributed by atoms with E-state index in [1.54, 1.807) is 0 Å². The first-order valence-electron chi connectivity index (χ1n) is 3.53. The minimum absolute atomic E-state index is 0. The van der Waals surface area contributed by atoms with E-state index in [0.29, 0.717) is 26.2 Å². The monoisotopic (exact) mass is 677 g/mol. The number of hydrogen-bond donors (Lipinski definition) is 4. The summed E-state index contributed by atoms with van der Waals surface area (Å²) < 4.78 is 0. The minimum Gasteiger partial charge on any atom is -0.512 e. The maximum absolute atomic E-state index is 6.25. The number of nitrogens with two attached hydrogens (primary N) is 4. The standard InChI is InChI=1S/2C2H8N2.4CN.2Au.Co/c2*3-1-2-4;4*1-2;;;/h2*1-4H2;;;;;;;/q;;4*-1;2*+1;+2. The van der Waals surface area contributed by atoms with Gasteiger partial charge in [-0.1, -0.05) is 0 Å². The molecule has 0 aliphatic heterocycles. The van der Waals surface area contributed by atoms with Crippen LogP contribution in [-0.2, 0) is 61.5 Å². The first-order valence-corrected chi connectivity index (χ1v) is 3.53. The van der Waals surface area contributed by atoms with E-state index in [1.807, 2.05) is 0 Å². The SMILES string of the molecule is NCCN.NCCN.[Au+].[Au+].[C-]#N.[C-]#N.[C-]#N.[C-]#N.[Co+2]. The summed E-state index contributed by atoms with van der Waals surface area (Å²) in [6, 6.07) is 0. The van der Waals surface area contributed by atoms with Crippen LogP contribution in [0.1, 0.15) is 0 Å². The molecule has 0 aliphatic rings. The molecule has 0 bridgehead atoms. The predicted octanol–water partition coefficient (Wildman–Crippen LogP) is -1.81. The molecule has 19 heavy (non-hydrogen) atoms. The Hall–Kier alpha value is -0.213. The average Bonchev–Trinajstić information content (AvgIpc) is 2.47. The third kappa shape index (κ3) is 1390. The summed E-state index contributed by atoms with van der Waals surface area (Å²) in [7, 11) is 0. The van der Waals surface area contributed by atoms with Crippen molar-refractivity contribution in [3.63, 3.8) is 0 Å². The quantitative estimate of drug-likeness (QED) is 0.194. The van der Waals surface area contributed by atoms with Crippen LogP contribution < -0.4 is 22.9 Å². The Labute approximate surface area is 157 Å². The van der Waals surface area contributed by atoms with Crippen LogP contribution in [0.15, 0.2) is 0 Å². The van der Waals surface area contributed by atoms with Crippen molar-refractivity contribution < 1.29 is 61.5 Å². The fourth-order valence-electron chi connectivity index (χ4n) is 0. The fraction of sp³-hybridized carbons (Fsp3) is 0.500. The summed E-state index contributed by atoms with van der Waals surface area (Å²) in [5.41, 5.74) is 19.6. The molecule has 119 valence electrons. The van der Waals surface area contributed by atoms with Crippen LogP contribution >= 0.6 is 0 Å². The summed E-state index contributed by atoms with van der Waals surface area (Å²) >= 11 is 0. The molecule has 0 aliphatic carbocycles. The minimum atomic E-state index is 0. The van der Waals surface area contributed by atoms with Gasteiger partial charge in [-0.15, -0.1) is 0 Å². The Morgan fingerprint density at radius 3 is 0.526 bits per heavy atom. The molecule has 11 heteroatoms. The second-order valence-electron chi connectivity index (χ2n) is 1.15. The van der Waals surface area contributed by atoms with Gasteiger partial charge >= 0.3 is 61.5 Å². The van der Waals surface area contributed by atoms with Crippen molar-refractivity contribution in [2.45, 2.75) is 0 Å². The molecule has 0 aromatic rings. The molecule has 0 atom stereocenters. The molecule has 0 heterocycles. The van der Waals surface area contributed by atoms with Crippen LogP contribution in [0.25, 0.3) is 0 Å². The molecule has 0 aromatic heterocycles. The zero-order chi connectivity index (χ0) is 14.8. The van der Waals surface area contributed by atoms with Crippen molar-refractivity contribution >= 4 is 0 Å². The van der Waals surface area contributed by atoms with Crippen molar-refractivity contribution in [3.05, 3.63) is 26.3 Å². The van der Waals surface area contributed by atoms with Crippen LogP contribution in [0.4, 0.5) is 0 Å². The van der Waals surface area contributed by atoms with Crippen LogP contribution in [0.5, 0.6) is 0 Å². The zero-order valence-corrected chi connectivity index (χ0v) is 15.2. The first-order chi connectivity index (χ1) is 7.83. The summed E-state index contributed by atoms with van der Waals surface area (Å²) in [6.45, 7) is 21.4. The van der Waals surface area contributed by atoms with Gasteiger partial charge in [0.15, 0.2) is 0 Å². The first kappa shape index (κ1) is 62.1. The Morgan fingerprint density at radius 2 is 0.526 bits per heavy atom. The molecule has 0 fully saturated rings. The van der Waals surface area contributed by atoms with Gasteiger partial charge in [0.1, 0.15) is 0 Å². The van der Waals surface area contributed by atoms with E-state index in [9.17, 15) is 0 Å². The maximum atomic E-state index is 6.25. The molecule has 0 rings (SSSR count). The Bertz CT molecular complexity index is 108. The van der Waals surface area contributed by atoms with Crippen LogP contribution in [0.2, 0.25) is 0 Å². The maximum Gasteiger partial charge on any atom is 2.00 e. The van der Waals surface area contributed by atoms with Gasteiger partial charge in [0.2, 0.25) is 0 Å². The van der Waals surface area contributed by atoms with Gasteiger partial charge < -0.3 is 70.3 Å². The van der Waals surface area contributed by atoms with Crippen LogP contribution in [0, 0.1) is 47.3 Å². The number of hydrogen-bond acceptors (Lipinski definition) is 8. The van der Waals surface area contributed by atoms with E-state index in [2.05, 4.69) is 0 Å². The second-order valence-corrected chi connectivity index (χ2v) is 1.15. The van der Waals surface area contributed by atoms with Crippen LogP contribution in [0.3, 0.4) is 0 Å².